The number of nitrogens with zero attached hydrogens (tertiary/aromatic N) is 1. The Morgan fingerprint density at radius 1 is 1.12 bits per heavy atom. The number of amides is 1. The van der Waals surface area contributed by atoms with E-state index in [1.165, 1.54) is 0 Å². The lowest BCUT2D eigenvalue weighted by Crippen LogP contribution is -2.33. The van der Waals surface area contributed by atoms with Crippen molar-refractivity contribution in [2.24, 2.45) is 5.92 Å². The van der Waals surface area contributed by atoms with Crippen molar-refractivity contribution in [2.45, 2.75) is 12.8 Å². The third-order valence-electron chi connectivity index (χ3n) is 4.87. The summed E-state index contributed by atoms with van der Waals surface area (Å²) in [4.78, 5) is 16.9. The Morgan fingerprint density at radius 3 is 2.92 bits per heavy atom. The van der Waals surface area contributed by atoms with Gasteiger partial charge in [0.25, 0.3) is 5.91 Å². The van der Waals surface area contributed by atoms with Gasteiger partial charge in [0.2, 0.25) is 0 Å². The summed E-state index contributed by atoms with van der Waals surface area (Å²) < 4.78 is 5.48. The van der Waals surface area contributed by atoms with Gasteiger partial charge in [0.05, 0.1) is 12.1 Å². The molecule has 4 heteroatoms. The molecule has 4 nitrogen and oxygen atoms in total. The second-order valence-electron chi connectivity index (χ2n) is 6.78. The summed E-state index contributed by atoms with van der Waals surface area (Å²) >= 11 is 0. The third-order valence-corrected chi connectivity index (χ3v) is 4.87. The molecule has 1 saturated heterocycles. The number of ether oxygens (including phenoxy) is 1. The molecule has 1 aliphatic heterocycles. The molecule has 2 aromatic carbocycles. The van der Waals surface area contributed by atoms with E-state index in [4.69, 9.17) is 4.74 Å². The smallest absolute Gasteiger partial charge is 0.251 e. The average Bonchev–Trinajstić information content (AvgIpc) is 2.72. The number of pyridine rings is 1. The number of fused-ring (bicyclic) bond motifs is 1. The Bertz CT molecular complexity index is 917. The molecule has 0 spiro atoms. The number of carbonyl (C=O) groups excluding carboxylic acids is 1. The summed E-state index contributed by atoms with van der Waals surface area (Å²) in [6.45, 7) is 2.25. The van der Waals surface area contributed by atoms with Gasteiger partial charge in [-0.1, -0.05) is 24.3 Å². The van der Waals surface area contributed by atoms with Crippen LogP contribution in [0.4, 0.5) is 0 Å². The van der Waals surface area contributed by atoms with Gasteiger partial charge in [-0.3, -0.25) is 9.78 Å². The summed E-state index contributed by atoms with van der Waals surface area (Å²) in [5.41, 5.74) is 3.77. The molecule has 1 aliphatic rings. The van der Waals surface area contributed by atoms with Crippen molar-refractivity contribution in [3.63, 3.8) is 0 Å². The van der Waals surface area contributed by atoms with E-state index >= 15 is 0 Å². The first-order valence-electron chi connectivity index (χ1n) is 9.11. The summed E-state index contributed by atoms with van der Waals surface area (Å²) in [7, 11) is 0. The fraction of sp³-hybridized carbons (Fsp3) is 0.273. The molecule has 1 atom stereocenters. The van der Waals surface area contributed by atoms with Gasteiger partial charge < -0.3 is 10.1 Å². The summed E-state index contributed by atoms with van der Waals surface area (Å²) in [5, 5.41) is 4.14. The van der Waals surface area contributed by atoms with E-state index in [1.54, 1.807) is 6.20 Å². The molecule has 26 heavy (non-hydrogen) atoms. The maximum atomic E-state index is 12.5. The lowest BCUT2D eigenvalue weighted by Gasteiger charge is -2.22. The van der Waals surface area contributed by atoms with E-state index in [2.05, 4.69) is 22.4 Å². The first kappa shape index (κ1) is 16.7. The van der Waals surface area contributed by atoms with E-state index in [0.29, 0.717) is 18.0 Å². The molecule has 0 saturated carbocycles. The first-order valence-corrected chi connectivity index (χ1v) is 9.11. The van der Waals surface area contributed by atoms with Crippen LogP contribution in [0.1, 0.15) is 23.2 Å². The molecule has 2 heterocycles. The number of hydrogen-bond donors (Lipinski definition) is 1. The number of rotatable bonds is 4. The molecule has 1 aromatic heterocycles. The van der Waals surface area contributed by atoms with Gasteiger partial charge in [0.15, 0.2) is 0 Å². The molecule has 0 aliphatic carbocycles. The SMILES string of the molecule is O=C(NCC1CCCOC1)c1cccc(-c2ccc3ncccc3c2)c1. The van der Waals surface area contributed by atoms with Crippen LogP contribution in [-0.4, -0.2) is 30.6 Å². The zero-order valence-electron chi connectivity index (χ0n) is 14.7. The van der Waals surface area contributed by atoms with Crippen LogP contribution in [0.3, 0.4) is 0 Å². The molecule has 1 N–H and O–H groups in total. The Kier molecular flexibility index (Phi) is 4.93. The Balaban J connectivity index is 1.50. The van der Waals surface area contributed by atoms with E-state index in [0.717, 1.165) is 48.1 Å². The van der Waals surface area contributed by atoms with E-state index in [1.807, 2.05) is 42.5 Å². The lowest BCUT2D eigenvalue weighted by atomic mass is 10.0. The van der Waals surface area contributed by atoms with Crippen LogP contribution in [0.15, 0.2) is 60.8 Å². The van der Waals surface area contributed by atoms with Gasteiger partial charge in [0.1, 0.15) is 0 Å². The van der Waals surface area contributed by atoms with Crippen LogP contribution in [-0.2, 0) is 4.74 Å². The number of carbonyl (C=O) groups is 1. The predicted molar refractivity (Wildman–Crippen MR) is 103 cm³/mol. The zero-order chi connectivity index (χ0) is 17.8. The topological polar surface area (TPSA) is 51.2 Å². The monoisotopic (exact) mass is 346 g/mol. The lowest BCUT2D eigenvalue weighted by molar-refractivity contribution is 0.0536. The third kappa shape index (κ3) is 3.75. The molecule has 1 amide bonds. The minimum absolute atomic E-state index is 0.0279. The molecule has 0 radical (unpaired) electrons. The van der Waals surface area contributed by atoms with Gasteiger partial charge in [-0.05, 0) is 60.2 Å². The number of hydrogen-bond acceptors (Lipinski definition) is 3. The fourth-order valence-corrected chi connectivity index (χ4v) is 3.40. The van der Waals surface area contributed by atoms with Crippen molar-refractivity contribution in [3.8, 4) is 11.1 Å². The molecule has 0 bridgehead atoms. The van der Waals surface area contributed by atoms with Gasteiger partial charge in [-0.2, -0.15) is 0 Å². The fourth-order valence-electron chi connectivity index (χ4n) is 3.40. The van der Waals surface area contributed by atoms with E-state index in [9.17, 15) is 4.79 Å². The Hall–Kier alpha value is -2.72. The predicted octanol–water partition coefficient (Wildman–Crippen LogP) is 4.06. The van der Waals surface area contributed by atoms with Crippen LogP contribution in [0.5, 0.6) is 0 Å². The maximum Gasteiger partial charge on any atom is 0.251 e. The van der Waals surface area contributed by atoms with Gasteiger partial charge >= 0.3 is 0 Å². The number of aromatic nitrogens is 1. The van der Waals surface area contributed by atoms with E-state index in [-0.39, 0.29) is 5.91 Å². The highest BCUT2D eigenvalue weighted by molar-refractivity contribution is 5.95. The van der Waals surface area contributed by atoms with E-state index < -0.39 is 0 Å². The van der Waals surface area contributed by atoms with Crippen LogP contribution < -0.4 is 5.32 Å². The molecule has 1 fully saturated rings. The van der Waals surface area contributed by atoms with Crippen molar-refractivity contribution < 1.29 is 9.53 Å². The van der Waals surface area contributed by atoms with Gasteiger partial charge in [-0.15, -0.1) is 0 Å². The second-order valence-corrected chi connectivity index (χ2v) is 6.78. The molecule has 3 aromatic rings. The zero-order valence-corrected chi connectivity index (χ0v) is 14.7. The summed E-state index contributed by atoms with van der Waals surface area (Å²) in [5.74, 6) is 0.392. The highest BCUT2D eigenvalue weighted by Crippen LogP contribution is 2.24. The molecular formula is C22H22N2O2. The minimum atomic E-state index is -0.0279. The average molecular weight is 346 g/mol. The quantitative estimate of drug-likeness (QED) is 0.775. The highest BCUT2D eigenvalue weighted by Gasteiger charge is 2.15. The van der Waals surface area contributed by atoms with Crippen molar-refractivity contribution in [2.75, 3.05) is 19.8 Å². The van der Waals surface area contributed by atoms with Crippen LogP contribution in [0.2, 0.25) is 0 Å². The van der Waals surface area contributed by atoms with Crippen LogP contribution in [0, 0.1) is 5.92 Å². The van der Waals surface area contributed by atoms with Gasteiger partial charge in [-0.25, -0.2) is 0 Å². The Labute approximate surface area is 153 Å². The highest BCUT2D eigenvalue weighted by atomic mass is 16.5. The minimum Gasteiger partial charge on any atom is -0.381 e. The van der Waals surface area contributed by atoms with Gasteiger partial charge in [0, 0.05) is 30.3 Å². The van der Waals surface area contributed by atoms with Crippen molar-refractivity contribution in [1.29, 1.82) is 0 Å². The maximum absolute atomic E-state index is 12.5. The summed E-state index contributed by atoms with van der Waals surface area (Å²) in [6.07, 6.45) is 3.99. The standard InChI is InChI=1S/C22H22N2O2/c25-22(24-14-16-4-3-11-26-15-16)20-6-1-5-17(13-20)18-8-9-21-19(12-18)7-2-10-23-21/h1-2,5-10,12-13,16H,3-4,11,14-15H2,(H,24,25). The molecule has 4 rings (SSSR count). The van der Waals surface area contributed by atoms with Crippen molar-refractivity contribution in [3.05, 3.63) is 66.4 Å². The molecule has 1 unspecified atom stereocenters. The summed E-state index contributed by atoms with van der Waals surface area (Å²) in [6, 6.07) is 17.9. The van der Waals surface area contributed by atoms with Crippen LogP contribution in [0.25, 0.3) is 22.0 Å². The molecular weight excluding hydrogens is 324 g/mol. The largest absolute Gasteiger partial charge is 0.381 e. The second kappa shape index (κ2) is 7.67. The van der Waals surface area contributed by atoms with Crippen molar-refractivity contribution in [1.82, 2.24) is 10.3 Å². The van der Waals surface area contributed by atoms with Crippen molar-refractivity contribution >= 4 is 16.8 Å². The Morgan fingerprint density at radius 2 is 2.04 bits per heavy atom. The molecule has 132 valence electrons. The first-order chi connectivity index (χ1) is 12.8. The normalized spacial score (nSPS) is 17.2. The number of benzene rings is 2. The number of nitrogens with one attached hydrogen (secondary N) is 1. The van der Waals surface area contributed by atoms with Crippen LogP contribution >= 0.6 is 0 Å².